The van der Waals surface area contributed by atoms with E-state index in [1.54, 1.807) is 42.5 Å². The number of para-hydroxylation sites is 1. The van der Waals surface area contributed by atoms with Crippen LogP contribution in [-0.2, 0) is 4.84 Å². The fraction of sp³-hybridized carbons (Fsp3) is 0.0769. The Morgan fingerprint density at radius 2 is 1.89 bits per heavy atom. The van der Waals surface area contributed by atoms with Gasteiger partial charge in [-0.25, -0.2) is 0 Å². The average molecular weight is 251 g/mol. The van der Waals surface area contributed by atoms with E-state index in [0.29, 0.717) is 11.3 Å². The van der Waals surface area contributed by atoms with E-state index in [0.717, 1.165) is 0 Å². The second kappa shape index (κ2) is 7.11. The zero-order chi connectivity index (χ0) is 14.1. The molecule has 0 aromatic heterocycles. The van der Waals surface area contributed by atoms with Gasteiger partial charge in [0.25, 0.3) is 0 Å². The summed E-state index contributed by atoms with van der Waals surface area (Å²) in [6.07, 6.45) is 1.45. The van der Waals surface area contributed by atoms with E-state index in [1.807, 2.05) is 0 Å². The standard InChI is InChI=1S/C13H9N5O/c1-19-17-9-10-4-2-3-5-12(10)18-13(8-16)11(6-14)7-15/h2-5,9,18H,1H3. The van der Waals surface area contributed by atoms with Gasteiger partial charge in [-0.05, 0) is 6.07 Å². The molecule has 19 heavy (non-hydrogen) atoms. The van der Waals surface area contributed by atoms with Crippen LogP contribution in [0.25, 0.3) is 0 Å². The van der Waals surface area contributed by atoms with Crippen LogP contribution in [0.5, 0.6) is 0 Å². The molecule has 92 valence electrons. The van der Waals surface area contributed by atoms with Crippen LogP contribution in [0, 0.1) is 34.0 Å². The maximum Gasteiger partial charge on any atom is 0.163 e. The lowest BCUT2D eigenvalue weighted by Crippen LogP contribution is -2.03. The van der Waals surface area contributed by atoms with Crippen molar-refractivity contribution in [3.8, 4) is 18.2 Å². The molecule has 1 N–H and O–H groups in total. The van der Waals surface area contributed by atoms with Gasteiger partial charge in [-0.3, -0.25) is 0 Å². The highest BCUT2D eigenvalue weighted by Crippen LogP contribution is 2.16. The van der Waals surface area contributed by atoms with Gasteiger partial charge in [0.2, 0.25) is 0 Å². The Morgan fingerprint density at radius 3 is 2.47 bits per heavy atom. The summed E-state index contributed by atoms with van der Waals surface area (Å²) >= 11 is 0. The van der Waals surface area contributed by atoms with Crippen molar-refractivity contribution in [2.24, 2.45) is 5.16 Å². The number of nitrogens with zero attached hydrogens (tertiary/aromatic N) is 4. The largest absolute Gasteiger partial charge is 0.399 e. The molecule has 0 saturated heterocycles. The summed E-state index contributed by atoms with van der Waals surface area (Å²) in [6.45, 7) is 0. The van der Waals surface area contributed by atoms with Crippen LogP contribution in [0.4, 0.5) is 5.69 Å². The number of hydrogen-bond acceptors (Lipinski definition) is 6. The molecular weight excluding hydrogens is 242 g/mol. The van der Waals surface area contributed by atoms with E-state index in [2.05, 4.69) is 15.3 Å². The molecule has 0 saturated carbocycles. The fourth-order valence-electron chi connectivity index (χ4n) is 1.25. The second-order valence-corrected chi connectivity index (χ2v) is 3.21. The van der Waals surface area contributed by atoms with Gasteiger partial charge in [0.15, 0.2) is 5.57 Å². The summed E-state index contributed by atoms with van der Waals surface area (Å²) in [4.78, 5) is 4.58. The predicted molar refractivity (Wildman–Crippen MR) is 68.5 cm³/mol. The Kier molecular flexibility index (Phi) is 5.15. The van der Waals surface area contributed by atoms with Crippen molar-refractivity contribution in [1.82, 2.24) is 0 Å². The molecule has 0 heterocycles. The SMILES string of the molecule is CON=Cc1ccccc1NC(C#N)=C(C#N)C#N. The van der Waals surface area contributed by atoms with Crippen LogP contribution in [0.1, 0.15) is 5.56 Å². The van der Waals surface area contributed by atoms with E-state index in [1.165, 1.54) is 13.3 Å². The van der Waals surface area contributed by atoms with Gasteiger partial charge >= 0.3 is 0 Å². The van der Waals surface area contributed by atoms with Crippen LogP contribution >= 0.6 is 0 Å². The highest BCUT2D eigenvalue weighted by molar-refractivity contribution is 5.88. The molecule has 1 aromatic carbocycles. The number of oxime groups is 1. The Morgan fingerprint density at radius 1 is 1.21 bits per heavy atom. The number of anilines is 1. The smallest absolute Gasteiger partial charge is 0.163 e. The van der Waals surface area contributed by atoms with Crippen LogP contribution in [0.15, 0.2) is 40.7 Å². The quantitative estimate of drug-likeness (QED) is 0.499. The second-order valence-electron chi connectivity index (χ2n) is 3.21. The summed E-state index contributed by atoms with van der Waals surface area (Å²) in [5, 5.41) is 32.8. The van der Waals surface area contributed by atoms with Crippen molar-refractivity contribution < 1.29 is 4.84 Å². The zero-order valence-corrected chi connectivity index (χ0v) is 10.1. The molecule has 0 atom stereocenters. The summed E-state index contributed by atoms with van der Waals surface area (Å²) in [5.74, 6) is 0. The van der Waals surface area contributed by atoms with Gasteiger partial charge in [-0.15, -0.1) is 0 Å². The minimum Gasteiger partial charge on any atom is -0.399 e. The maximum absolute atomic E-state index is 8.96. The van der Waals surface area contributed by atoms with E-state index < -0.39 is 0 Å². The van der Waals surface area contributed by atoms with Crippen LogP contribution in [-0.4, -0.2) is 13.3 Å². The minimum atomic E-state index is -0.277. The fourth-order valence-corrected chi connectivity index (χ4v) is 1.25. The van der Waals surface area contributed by atoms with Crippen molar-refractivity contribution in [2.75, 3.05) is 12.4 Å². The van der Waals surface area contributed by atoms with Crippen molar-refractivity contribution in [1.29, 1.82) is 15.8 Å². The van der Waals surface area contributed by atoms with E-state index in [-0.39, 0.29) is 11.3 Å². The molecule has 0 bridgehead atoms. The monoisotopic (exact) mass is 251 g/mol. The molecule has 6 nitrogen and oxygen atoms in total. The number of nitrogens with one attached hydrogen (secondary N) is 1. The molecule has 0 radical (unpaired) electrons. The molecule has 0 aliphatic rings. The Balaban J connectivity index is 3.17. The highest BCUT2D eigenvalue weighted by Gasteiger charge is 2.07. The number of rotatable bonds is 4. The summed E-state index contributed by atoms with van der Waals surface area (Å²) < 4.78 is 0. The third-order valence-corrected chi connectivity index (χ3v) is 2.10. The third kappa shape index (κ3) is 3.59. The Labute approximate surface area is 110 Å². The van der Waals surface area contributed by atoms with Crippen LogP contribution < -0.4 is 5.32 Å². The van der Waals surface area contributed by atoms with Crippen LogP contribution in [0.3, 0.4) is 0 Å². The molecule has 0 fully saturated rings. The molecule has 0 spiro atoms. The van der Waals surface area contributed by atoms with E-state index >= 15 is 0 Å². The molecule has 0 aliphatic carbocycles. The first-order chi connectivity index (χ1) is 9.26. The first kappa shape index (κ1) is 13.8. The molecular formula is C13H9N5O. The normalized spacial score (nSPS) is 8.95. The molecule has 0 aliphatic heterocycles. The highest BCUT2D eigenvalue weighted by atomic mass is 16.6. The van der Waals surface area contributed by atoms with Gasteiger partial charge < -0.3 is 10.2 Å². The summed E-state index contributed by atoms with van der Waals surface area (Å²) in [7, 11) is 1.41. The number of hydrogen-bond donors (Lipinski definition) is 1. The van der Waals surface area contributed by atoms with Crippen molar-refractivity contribution >= 4 is 11.9 Å². The first-order valence-corrected chi connectivity index (χ1v) is 5.14. The number of benzene rings is 1. The Hall–Kier alpha value is -3.30. The van der Waals surface area contributed by atoms with Gasteiger partial charge in [0.05, 0.1) is 6.21 Å². The lowest BCUT2D eigenvalue weighted by Gasteiger charge is -2.07. The first-order valence-electron chi connectivity index (χ1n) is 5.14. The van der Waals surface area contributed by atoms with Gasteiger partial charge in [0.1, 0.15) is 31.0 Å². The molecule has 1 aromatic rings. The number of nitriles is 3. The molecule has 0 unspecified atom stereocenters. The average Bonchev–Trinajstić information content (AvgIpc) is 2.46. The summed E-state index contributed by atoms with van der Waals surface area (Å²) in [5.41, 5.74) is 0.819. The Bertz CT molecular complexity index is 624. The molecule has 6 heteroatoms. The van der Waals surface area contributed by atoms with E-state index in [4.69, 9.17) is 15.8 Å². The van der Waals surface area contributed by atoms with Gasteiger partial charge in [-0.2, -0.15) is 15.8 Å². The number of allylic oxidation sites excluding steroid dienone is 2. The van der Waals surface area contributed by atoms with Gasteiger partial charge in [-0.1, -0.05) is 23.4 Å². The predicted octanol–water partition coefficient (Wildman–Crippen LogP) is 1.90. The van der Waals surface area contributed by atoms with Crippen molar-refractivity contribution in [3.05, 3.63) is 41.1 Å². The van der Waals surface area contributed by atoms with E-state index in [9.17, 15) is 0 Å². The maximum atomic E-state index is 8.96. The zero-order valence-electron chi connectivity index (χ0n) is 10.1. The lowest BCUT2D eigenvalue weighted by molar-refractivity contribution is 0.215. The van der Waals surface area contributed by atoms with Gasteiger partial charge in [0, 0.05) is 11.3 Å². The lowest BCUT2D eigenvalue weighted by atomic mass is 10.1. The van der Waals surface area contributed by atoms with Crippen molar-refractivity contribution in [3.63, 3.8) is 0 Å². The summed E-state index contributed by atoms with van der Waals surface area (Å²) in [6, 6.07) is 12.1. The van der Waals surface area contributed by atoms with Crippen molar-refractivity contribution in [2.45, 2.75) is 0 Å². The molecule has 0 amide bonds. The topological polar surface area (TPSA) is 105 Å². The third-order valence-electron chi connectivity index (χ3n) is 2.10. The van der Waals surface area contributed by atoms with Crippen LogP contribution in [0.2, 0.25) is 0 Å². The molecule has 1 rings (SSSR count). The minimum absolute atomic E-state index is 0.108.